The van der Waals surface area contributed by atoms with Crippen LogP contribution in [0.2, 0.25) is 0 Å². The van der Waals surface area contributed by atoms with Gasteiger partial charge in [-0.2, -0.15) is 0 Å². The smallest absolute Gasteiger partial charge is 0.316 e. The van der Waals surface area contributed by atoms with Crippen LogP contribution in [0.1, 0.15) is 11.1 Å². The molecule has 6 nitrogen and oxygen atoms in total. The van der Waals surface area contributed by atoms with Crippen LogP contribution in [0, 0.1) is 19.7 Å². The van der Waals surface area contributed by atoms with Crippen molar-refractivity contribution in [2.75, 3.05) is 17.7 Å². The minimum Gasteiger partial charge on any atom is -0.455 e. The van der Waals surface area contributed by atoms with Gasteiger partial charge in [0, 0.05) is 18.1 Å². The first-order valence-corrected chi connectivity index (χ1v) is 9.86. The predicted octanol–water partition coefficient (Wildman–Crippen LogP) is 3.90. The van der Waals surface area contributed by atoms with Gasteiger partial charge in [0.25, 0.3) is 5.91 Å². The molecule has 2 aromatic carbocycles. The number of hydrogen-bond donors (Lipinski definition) is 1. The van der Waals surface area contributed by atoms with Crippen LogP contribution in [0.5, 0.6) is 0 Å². The molecule has 1 heterocycles. The molecule has 150 valence electrons. The van der Waals surface area contributed by atoms with E-state index in [1.54, 1.807) is 35.2 Å². The zero-order valence-electron chi connectivity index (χ0n) is 16.0. The van der Waals surface area contributed by atoms with Crippen molar-refractivity contribution < 1.29 is 18.7 Å². The predicted molar refractivity (Wildman–Crippen MR) is 110 cm³/mol. The zero-order chi connectivity index (χ0) is 20.8. The fraction of sp³-hybridized carbons (Fsp3) is 0.190. The summed E-state index contributed by atoms with van der Waals surface area (Å²) >= 11 is 1.14. The van der Waals surface area contributed by atoms with Crippen LogP contribution in [-0.4, -0.2) is 33.8 Å². The SMILES string of the molecule is Cc1ccc(NC(=O)COC(=O)CSc2nccn2-c2cccc(F)c2)cc1C. The molecule has 0 aliphatic rings. The van der Waals surface area contributed by atoms with E-state index in [9.17, 15) is 14.0 Å². The van der Waals surface area contributed by atoms with Gasteiger partial charge >= 0.3 is 5.97 Å². The number of nitrogens with zero attached hydrogens (tertiary/aromatic N) is 2. The van der Waals surface area contributed by atoms with Gasteiger partial charge < -0.3 is 10.1 Å². The largest absolute Gasteiger partial charge is 0.455 e. The normalized spacial score (nSPS) is 10.6. The minimum atomic E-state index is -0.543. The summed E-state index contributed by atoms with van der Waals surface area (Å²) in [6.45, 7) is 3.57. The third-order valence-corrected chi connectivity index (χ3v) is 5.11. The van der Waals surface area contributed by atoms with E-state index in [1.807, 2.05) is 26.0 Å². The van der Waals surface area contributed by atoms with Gasteiger partial charge in [0.05, 0.1) is 11.4 Å². The van der Waals surface area contributed by atoms with Gasteiger partial charge in [0.1, 0.15) is 5.82 Å². The van der Waals surface area contributed by atoms with Gasteiger partial charge in [-0.05, 0) is 55.3 Å². The molecule has 3 rings (SSSR count). The molecule has 0 aliphatic carbocycles. The Kier molecular flexibility index (Phi) is 6.66. The number of hydrogen-bond acceptors (Lipinski definition) is 5. The Morgan fingerprint density at radius 1 is 1.17 bits per heavy atom. The third kappa shape index (κ3) is 5.68. The lowest BCUT2D eigenvalue weighted by molar-refractivity contribution is -0.144. The number of rotatable bonds is 7. The molecule has 1 aromatic heterocycles. The molecule has 0 atom stereocenters. The maximum absolute atomic E-state index is 13.4. The number of benzene rings is 2. The first kappa shape index (κ1) is 20.6. The Morgan fingerprint density at radius 2 is 2.00 bits per heavy atom. The van der Waals surface area contributed by atoms with Crippen molar-refractivity contribution in [3.63, 3.8) is 0 Å². The van der Waals surface area contributed by atoms with E-state index in [4.69, 9.17) is 4.74 Å². The molecule has 3 aromatic rings. The van der Waals surface area contributed by atoms with Crippen LogP contribution in [0.3, 0.4) is 0 Å². The van der Waals surface area contributed by atoms with Crippen LogP contribution in [-0.2, 0) is 14.3 Å². The molecule has 8 heteroatoms. The second kappa shape index (κ2) is 9.38. The van der Waals surface area contributed by atoms with Crippen molar-refractivity contribution in [2.45, 2.75) is 19.0 Å². The molecule has 0 radical (unpaired) electrons. The average Bonchev–Trinajstić information content (AvgIpc) is 3.16. The van der Waals surface area contributed by atoms with E-state index < -0.39 is 11.9 Å². The Bertz CT molecular complexity index is 1040. The maximum atomic E-state index is 13.4. The van der Waals surface area contributed by atoms with Crippen LogP contribution in [0.25, 0.3) is 5.69 Å². The highest BCUT2D eigenvalue weighted by Crippen LogP contribution is 2.21. The number of aromatic nitrogens is 2. The fourth-order valence-corrected chi connectivity index (χ4v) is 3.32. The number of amides is 1. The number of halogens is 1. The fourth-order valence-electron chi connectivity index (χ4n) is 2.55. The molecule has 0 bridgehead atoms. The third-order valence-electron chi connectivity index (χ3n) is 4.17. The number of nitrogens with one attached hydrogen (secondary N) is 1. The highest BCUT2D eigenvalue weighted by atomic mass is 32.2. The van der Waals surface area contributed by atoms with Crippen molar-refractivity contribution in [2.24, 2.45) is 0 Å². The average molecular weight is 413 g/mol. The van der Waals surface area contributed by atoms with Crippen LogP contribution >= 0.6 is 11.8 Å². The first-order chi connectivity index (χ1) is 13.9. The topological polar surface area (TPSA) is 73.2 Å². The van der Waals surface area contributed by atoms with Gasteiger partial charge in [0.2, 0.25) is 0 Å². The monoisotopic (exact) mass is 413 g/mol. The Balaban J connectivity index is 1.49. The van der Waals surface area contributed by atoms with Crippen molar-refractivity contribution in [1.29, 1.82) is 0 Å². The van der Waals surface area contributed by atoms with Crippen molar-refractivity contribution in [3.8, 4) is 5.69 Å². The Hall–Kier alpha value is -3.13. The summed E-state index contributed by atoms with van der Waals surface area (Å²) in [7, 11) is 0. The number of ether oxygens (including phenoxy) is 1. The number of imidazole rings is 1. The summed E-state index contributed by atoms with van der Waals surface area (Å²) < 4.78 is 20.1. The molecule has 0 spiro atoms. The lowest BCUT2D eigenvalue weighted by atomic mass is 10.1. The Labute approximate surface area is 172 Å². The molecule has 0 unspecified atom stereocenters. The van der Waals surface area contributed by atoms with Gasteiger partial charge in [-0.15, -0.1) is 0 Å². The number of carbonyl (C=O) groups excluding carboxylic acids is 2. The summed E-state index contributed by atoms with van der Waals surface area (Å²) in [6.07, 6.45) is 3.25. The van der Waals surface area contributed by atoms with Crippen molar-refractivity contribution in [1.82, 2.24) is 9.55 Å². The van der Waals surface area contributed by atoms with Crippen molar-refractivity contribution in [3.05, 3.63) is 71.8 Å². The summed E-state index contributed by atoms with van der Waals surface area (Å²) in [4.78, 5) is 28.1. The summed E-state index contributed by atoms with van der Waals surface area (Å²) in [6, 6.07) is 11.6. The first-order valence-electron chi connectivity index (χ1n) is 8.87. The van der Waals surface area contributed by atoms with E-state index in [-0.39, 0.29) is 18.2 Å². The van der Waals surface area contributed by atoms with E-state index in [0.29, 0.717) is 16.5 Å². The van der Waals surface area contributed by atoms with E-state index in [2.05, 4.69) is 10.3 Å². The number of esters is 1. The standard InChI is InChI=1S/C21H20FN3O3S/c1-14-6-7-17(10-15(14)2)24-19(26)12-28-20(27)13-29-21-23-8-9-25(21)18-5-3-4-16(22)11-18/h3-11H,12-13H2,1-2H3,(H,24,26). The van der Waals surface area contributed by atoms with Crippen LogP contribution in [0.15, 0.2) is 60.0 Å². The molecule has 29 heavy (non-hydrogen) atoms. The molecule has 0 saturated carbocycles. The molecule has 0 aliphatic heterocycles. The van der Waals surface area contributed by atoms with Crippen LogP contribution < -0.4 is 5.32 Å². The highest BCUT2D eigenvalue weighted by molar-refractivity contribution is 7.99. The number of aryl methyl sites for hydroxylation is 2. The Morgan fingerprint density at radius 3 is 2.76 bits per heavy atom. The van der Waals surface area contributed by atoms with Gasteiger partial charge in [-0.25, -0.2) is 9.37 Å². The van der Waals surface area contributed by atoms with Gasteiger partial charge in [-0.3, -0.25) is 14.2 Å². The van der Waals surface area contributed by atoms with E-state index >= 15 is 0 Å². The van der Waals surface area contributed by atoms with Gasteiger partial charge in [0.15, 0.2) is 11.8 Å². The van der Waals surface area contributed by atoms with Gasteiger partial charge in [-0.1, -0.05) is 23.9 Å². The summed E-state index contributed by atoms with van der Waals surface area (Å²) in [5, 5.41) is 3.22. The summed E-state index contributed by atoms with van der Waals surface area (Å²) in [5.41, 5.74) is 3.44. The second-order valence-electron chi connectivity index (χ2n) is 6.36. The minimum absolute atomic E-state index is 0.0246. The molecule has 0 fully saturated rings. The molecule has 0 saturated heterocycles. The quantitative estimate of drug-likeness (QED) is 0.470. The second-order valence-corrected chi connectivity index (χ2v) is 7.30. The lowest BCUT2D eigenvalue weighted by Crippen LogP contribution is -2.21. The van der Waals surface area contributed by atoms with Crippen LogP contribution in [0.4, 0.5) is 10.1 Å². The molecular formula is C21H20FN3O3S. The molecule has 1 N–H and O–H groups in total. The zero-order valence-corrected chi connectivity index (χ0v) is 16.8. The number of thioether (sulfide) groups is 1. The number of carbonyl (C=O) groups is 2. The van der Waals surface area contributed by atoms with E-state index in [1.165, 1.54) is 12.1 Å². The highest BCUT2D eigenvalue weighted by Gasteiger charge is 2.12. The van der Waals surface area contributed by atoms with Crippen molar-refractivity contribution >= 4 is 29.3 Å². The maximum Gasteiger partial charge on any atom is 0.316 e. The molecular weight excluding hydrogens is 393 g/mol. The molecule has 1 amide bonds. The summed E-state index contributed by atoms with van der Waals surface area (Å²) in [5.74, 6) is -1.34. The number of anilines is 1. The van der Waals surface area contributed by atoms with E-state index in [0.717, 1.165) is 22.9 Å². The lowest BCUT2D eigenvalue weighted by Gasteiger charge is -2.09.